The second-order valence-corrected chi connectivity index (χ2v) is 4.93. The molecule has 17 heavy (non-hydrogen) atoms. The number of carbonyl (C=O) groups excluding carboxylic acids is 1. The Balaban J connectivity index is 2.31. The Labute approximate surface area is 105 Å². The summed E-state index contributed by atoms with van der Waals surface area (Å²) in [6, 6.07) is 9.80. The molecule has 0 saturated carbocycles. The number of hydrogen-bond acceptors (Lipinski definition) is 3. The largest absolute Gasteiger partial charge is 0.298 e. The van der Waals surface area contributed by atoms with Crippen molar-refractivity contribution in [2.75, 3.05) is 0 Å². The number of aromatic nitrogens is 1. The summed E-state index contributed by atoms with van der Waals surface area (Å²) in [5, 5.41) is 0.755. The first-order valence-electron chi connectivity index (χ1n) is 5.36. The molecule has 0 amide bonds. The van der Waals surface area contributed by atoms with Crippen molar-refractivity contribution in [2.24, 2.45) is 0 Å². The number of nitrogens with zero attached hydrogens (tertiary/aromatic N) is 1. The van der Waals surface area contributed by atoms with E-state index in [0.29, 0.717) is 5.56 Å². The van der Waals surface area contributed by atoms with Crippen LogP contribution in [0.1, 0.15) is 21.5 Å². The molecule has 0 bridgehead atoms. The molecule has 3 heteroatoms. The zero-order valence-electron chi connectivity index (χ0n) is 9.81. The Morgan fingerprint density at radius 3 is 2.71 bits per heavy atom. The Kier molecular flexibility index (Phi) is 3.59. The van der Waals surface area contributed by atoms with Crippen LogP contribution in [-0.2, 0) is 0 Å². The molecule has 0 atom stereocenters. The van der Waals surface area contributed by atoms with Crippen molar-refractivity contribution in [3.8, 4) is 0 Å². The van der Waals surface area contributed by atoms with Crippen molar-refractivity contribution in [1.29, 1.82) is 0 Å². The second-order valence-electron chi connectivity index (χ2n) is 3.86. The van der Waals surface area contributed by atoms with Gasteiger partial charge in [0.15, 0.2) is 6.29 Å². The summed E-state index contributed by atoms with van der Waals surface area (Å²) in [5.74, 6) is 0. The Hall–Kier alpha value is -1.61. The van der Waals surface area contributed by atoms with Crippen molar-refractivity contribution in [2.45, 2.75) is 23.8 Å². The molecule has 1 aromatic heterocycles. The summed E-state index contributed by atoms with van der Waals surface area (Å²) >= 11 is 1.52. The van der Waals surface area contributed by atoms with E-state index < -0.39 is 0 Å². The van der Waals surface area contributed by atoms with Crippen LogP contribution in [0.25, 0.3) is 0 Å². The molecule has 0 fully saturated rings. The lowest BCUT2D eigenvalue weighted by atomic mass is 10.1. The van der Waals surface area contributed by atoms with Gasteiger partial charge in [-0.2, -0.15) is 0 Å². The third-order valence-corrected chi connectivity index (χ3v) is 3.64. The number of carbonyl (C=O) groups is 1. The Bertz CT molecular complexity index is 552. The summed E-state index contributed by atoms with van der Waals surface area (Å²) in [4.78, 5) is 16.2. The molecule has 1 heterocycles. The number of hydrogen-bond donors (Lipinski definition) is 0. The normalized spacial score (nSPS) is 10.2. The predicted octanol–water partition coefficient (Wildman–Crippen LogP) is 3.66. The van der Waals surface area contributed by atoms with Crippen LogP contribution in [0.4, 0.5) is 0 Å². The van der Waals surface area contributed by atoms with E-state index in [2.05, 4.69) is 37.0 Å². The van der Waals surface area contributed by atoms with Crippen molar-refractivity contribution in [3.05, 3.63) is 53.2 Å². The fourth-order valence-electron chi connectivity index (χ4n) is 1.47. The number of rotatable bonds is 3. The highest BCUT2D eigenvalue weighted by Crippen LogP contribution is 2.29. The van der Waals surface area contributed by atoms with Crippen LogP contribution in [0.5, 0.6) is 0 Å². The molecule has 0 N–H and O–H groups in total. The van der Waals surface area contributed by atoms with Crippen molar-refractivity contribution < 1.29 is 4.79 Å². The number of aryl methyl sites for hydroxylation is 2. The van der Waals surface area contributed by atoms with Crippen LogP contribution < -0.4 is 0 Å². The minimum atomic E-state index is 0.635. The summed E-state index contributed by atoms with van der Waals surface area (Å²) < 4.78 is 0. The maximum absolute atomic E-state index is 10.9. The van der Waals surface area contributed by atoms with Gasteiger partial charge < -0.3 is 0 Å². The van der Waals surface area contributed by atoms with E-state index in [4.69, 9.17) is 0 Å². The van der Waals surface area contributed by atoms with Crippen LogP contribution in [0.2, 0.25) is 0 Å². The molecule has 0 saturated heterocycles. The summed E-state index contributed by atoms with van der Waals surface area (Å²) in [6.45, 7) is 4.17. The van der Waals surface area contributed by atoms with Gasteiger partial charge >= 0.3 is 0 Å². The molecule has 86 valence electrons. The van der Waals surface area contributed by atoms with Gasteiger partial charge in [-0.25, -0.2) is 4.98 Å². The first kappa shape index (κ1) is 11.9. The first-order valence-corrected chi connectivity index (χ1v) is 6.17. The zero-order valence-corrected chi connectivity index (χ0v) is 10.6. The van der Waals surface area contributed by atoms with E-state index in [0.717, 1.165) is 16.2 Å². The summed E-state index contributed by atoms with van der Waals surface area (Å²) in [7, 11) is 0. The van der Waals surface area contributed by atoms with Gasteiger partial charge in [0, 0.05) is 16.7 Å². The minimum absolute atomic E-state index is 0.635. The van der Waals surface area contributed by atoms with E-state index in [9.17, 15) is 4.79 Å². The maximum Gasteiger partial charge on any atom is 0.152 e. The third-order valence-electron chi connectivity index (χ3n) is 2.62. The van der Waals surface area contributed by atoms with Crippen LogP contribution in [0, 0.1) is 13.8 Å². The van der Waals surface area contributed by atoms with Gasteiger partial charge in [0.2, 0.25) is 0 Å². The molecule has 0 aliphatic heterocycles. The fraction of sp³-hybridized carbons (Fsp3) is 0.143. The van der Waals surface area contributed by atoms with E-state index in [1.165, 1.54) is 22.9 Å². The van der Waals surface area contributed by atoms with Gasteiger partial charge in [-0.1, -0.05) is 17.8 Å². The molecular weight excluding hydrogens is 230 g/mol. The molecule has 0 radical (unpaired) electrons. The molecule has 2 aromatic rings. The number of pyridine rings is 1. The van der Waals surface area contributed by atoms with Crippen molar-refractivity contribution >= 4 is 18.0 Å². The average molecular weight is 243 g/mol. The summed E-state index contributed by atoms with van der Waals surface area (Å²) in [5.41, 5.74) is 3.15. The predicted molar refractivity (Wildman–Crippen MR) is 69.7 cm³/mol. The zero-order chi connectivity index (χ0) is 12.3. The highest BCUT2D eigenvalue weighted by molar-refractivity contribution is 7.99. The lowest BCUT2D eigenvalue weighted by molar-refractivity contribution is 0.112. The number of aldehydes is 1. The van der Waals surface area contributed by atoms with E-state index in [1.807, 2.05) is 0 Å². The van der Waals surface area contributed by atoms with Gasteiger partial charge in [-0.15, -0.1) is 0 Å². The topological polar surface area (TPSA) is 30.0 Å². The van der Waals surface area contributed by atoms with Gasteiger partial charge in [0.25, 0.3) is 0 Å². The molecular formula is C14H13NOS. The van der Waals surface area contributed by atoms with Crippen molar-refractivity contribution in [3.63, 3.8) is 0 Å². The smallest absolute Gasteiger partial charge is 0.152 e. The average Bonchev–Trinajstić information content (AvgIpc) is 2.34. The van der Waals surface area contributed by atoms with Gasteiger partial charge in [-0.05, 0) is 49.2 Å². The van der Waals surface area contributed by atoms with Crippen LogP contribution in [0.15, 0.2) is 46.5 Å². The lowest BCUT2D eigenvalue weighted by Gasteiger charge is -2.05. The molecule has 1 aromatic carbocycles. The molecule has 0 unspecified atom stereocenters. The van der Waals surface area contributed by atoms with Gasteiger partial charge in [0.05, 0.1) is 0 Å². The lowest BCUT2D eigenvalue weighted by Crippen LogP contribution is -1.89. The summed E-state index contributed by atoms with van der Waals surface area (Å²) in [6.07, 6.45) is 2.55. The Morgan fingerprint density at radius 2 is 2.00 bits per heavy atom. The standard InChI is InChI=1S/C14H13NOS/c1-10-5-6-13(8-11(10)2)17-14-12(9-16)4-3-7-15-14/h3-9H,1-2H3. The Morgan fingerprint density at radius 1 is 1.18 bits per heavy atom. The van der Waals surface area contributed by atoms with Crippen LogP contribution in [0.3, 0.4) is 0 Å². The second kappa shape index (κ2) is 5.15. The van der Waals surface area contributed by atoms with E-state index in [1.54, 1.807) is 18.3 Å². The van der Waals surface area contributed by atoms with Crippen LogP contribution >= 0.6 is 11.8 Å². The van der Waals surface area contributed by atoms with Gasteiger partial charge in [-0.3, -0.25) is 4.79 Å². The maximum atomic E-state index is 10.9. The SMILES string of the molecule is Cc1ccc(Sc2ncccc2C=O)cc1C. The molecule has 2 rings (SSSR count). The van der Waals surface area contributed by atoms with Crippen LogP contribution in [-0.4, -0.2) is 11.3 Å². The molecule has 0 spiro atoms. The van der Waals surface area contributed by atoms with Crippen molar-refractivity contribution in [1.82, 2.24) is 4.98 Å². The highest BCUT2D eigenvalue weighted by atomic mass is 32.2. The quantitative estimate of drug-likeness (QED) is 0.770. The molecule has 0 aliphatic rings. The third kappa shape index (κ3) is 2.74. The molecule has 2 nitrogen and oxygen atoms in total. The van der Waals surface area contributed by atoms with Gasteiger partial charge in [0.1, 0.15) is 5.03 Å². The monoisotopic (exact) mass is 243 g/mol. The minimum Gasteiger partial charge on any atom is -0.298 e. The molecule has 0 aliphatic carbocycles. The number of benzene rings is 1. The van der Waals surface area contributed by atoms with E-state index in [-0.39, 0.29) is 0 Å². The highest BCUT2D eigenvalue weighted by Gasteiger charge is 2.05. The fourth-order valence-corrected chi connectivity index (χ4v) is 2.41. The van der Waals surface area contributed by atoms with E-state index >= 15 is 0 Å². The first-order chi connectivity index (χ1) is 8.20.